The fraction of sp³-hybridized carbons (Fsp3) is 0.240. The largest absolute Gasteiger partial charge is 0.493 e. The van der Waals surface area contributed by atoms with Gasteiger partial charge in [0.05, 0.1) is 17.9 Å². The minimum Gasteiger partial charge on any atom is -0.493 e. The number of benzene rings is 1. The number of rotatable bonds is 8. The summed E-state index contributed by atoms with van der Waals surface area (Å²) in [4.78, 5) is 23.3. The van der Waals surface area contributed by atoms with E-state index >= 15 is 0 Å². The predicted molar refractivity (Wildman–Crippen MR) is 135 cm³/mol. The highest BCUT2D eigenvalue weighted by Gasteiger charge is 2.25. The number of nitrogens with zero attached hydrogens (tertiary/aromatic N) is 3. The molecule has 0 saturated carbocycles. The minimum atomic E-state index is -4.28. The number of nitrogens with one attached hydrogen (secondary N) is 1. The SMILES string of the molecule is CC(C)COc1cc(F)cc(-c2ccc(C(=O)NS(=O)(=O)c3cccc(N)n3)c(N3CC=CC3)n2)c1. The zero-order valence-electron chi connectivity index (χ0n) is 19.8. The highest BCUT2D eigenvalue weighted by molar-refractivity contribution is 7.90. The average molecular weight is 512 g/mol. The molecule has 0 radical (unpaired) electrons. The van der Waals surface area contributed by atoms with Crippen LogP contribution in [0.15, 0.2) is 65.7 Å². The first-order valence-electron chi connectivity index (χ1n) is 11.3. The Labute approximate surface area is 208 Å². The van der Waals surface area contributed by atoms with E-state index in [2.05, 4.69) is 9.97 Å². The van der Waals surface area contributed by atoms with Crippen LogP contribution in [0.1, 0.15) is 24.2 Å². The quantitative estimate of drug-likeness (QED) is 0.441. The molecule has 0 spiro atoms. The third kappa shape index (κ3) is 5.80. The van der Waals surface area contributed by atoms with E-state index in [0.717, 1.165) is 0 Å². The van der Waals surface area contributed by atoms with Crippen molar-refractivity contribution < 1.29 is 22.3 Å². The fourth-order valence-electron chi connectivity index (χ4n) is 3.55. The third-order valence-corrected chi connectivity index (χ3v) is 6.47. The molecule has 0 fully saturated rings. The van der Waals surface area contributed by atoms with Crippen molar-refractivity contribution in [3.8, 4) is 17.0 Å². The van der Waals surface area contributed by atoms with Crippen molar-refractivity contribution >= 4 is 27.6 Å². The van der Waals surface area contributed by atoms with Gasteiger partial charge in [-0.15, -0.1) is 0 Å². The van der Waals surface area contributed by atoms with Gasteiger partial charge in [0.2, 0.25) is 0 Å². The molecule has 2 aromatic heterocycles. The van der Waals surface area contributed by atoms with E-state index in [1.54, 1.807) is 11.0 Å². The Hall–Kier alpha value is -3.99. The molecule has 0 unspecified atom stereocenters. The molecular weight excluding hydrogens is 485 g/mol. The molecule has 11 heteroatoms. The van der Waals surface area contributed by atoms with Gasteiger partial charge >= 0.3 is 0 Å². The van der Waals surface area contributed by atoms with Crippen LogP contribution < -0.4 is 20.1 Å². The van der Waals surface area contributed by atoms with Gasteiger partial charge in [0.1, 0.15) is 23.2 Å². The smallest absolute Gasteiger partial charge is 0.281 e. The van der Waals surface area contributed by atoms with Crippen molar-refractivity contribution in [1.29, 1.82) is 0 Å². The summed E-state index contributed by atoms with van der Waals surface area (Å²) in [6.07, 6.45) is 3.81. The summed E-state index contributed by atoms with van der Waals surface area (Å²) in [6.45, 7) is 5.37. The highest BCUT2D eigenvalue weighted by atomic mass is 32.2. The van der Waals surface area contributed by atoms with Crippen molar-refractivity contribution in [3.63, 3.8) is 0 Å². The van der Waals surface area contributed by atoms with E-state index in [1.165, 1.54) is 42.5 Å². The number of hydrogen-bond donors (Lipinski definition) is 2. The molecule has 1 amide bonds. The number of carbonyl (C=O) groups is 1. The molecule has 3 N–H and O–H groups in total. The molecule has 0 atom stereocenters. The number of nitrogens with two attached hydrogens (primary N) is 1. The summed E-state index contributed by atoms with van der Waals surface area (Å²) >= 11 is 0. The lowest BCUT2D eigenvalue weighted by Gasteiger charge is -2.21. The second-order valence-electron chi connectivity index (χ2n) is 8.66. The lowest BCUT2D eigenvalue weighted by atomic mass is 10.1. The average Bonchev–Trinajstić information content (AvgIpc) is 3.37. The highest BCUT2D eigenvalue weighted by Crippen LogP contribution is 2.29. The van der Waals surface area contributed by atoms with Gasteiger partial charge in [-0.05, 0) is 42.3 Å². The number of nitrogen functional groups attached to an aromatic ring is 1. The Morgan fingerprint density at radius 2 is 1.89 bits per heavy atom. The van der Waals surface area contributed by atoms with E-state index in [0.29, 0.717) is 36.7 Å². The summed E-state index contributed by atoms with van der Waals surface area (Å²) in [6, 6.07) is 11.4. The first kappa shape index (κ1) is 25.1. The number of anilines is 2. The Kier molecular flexibility index (Phi) is 7.20. The zero-order chi connectivity index (χ0) is 25.9. The molecule has 1 aliphatic heterocycles. The molecule has 188 valence electrons. The molecule has 3 aromatic rings. The van der Waals surface area contributed by atoms with E-state index < -0.39 is 21.7 Å². The Bertz CT molecular complexity index is 1420. The third-order valence-electron chi connectivity index (χ3n) is 5.24. The molecular formula is C25H26FN5O4S. The Balaban J connectivity index is 1.68. The number of carbonyl (C=O) groups excluding carboxylic acids is 1. The minimum absolute atomic E-state index is 0.00649. The normalized spacial score (nSPS) is 13.3. The van der Waals surface area contributed by atoms with Crippen LogP contribution >= 0.6 is 0 Å². The van der Waals surface area contributed by atoms with Crippen LogP contribution in [-0.2, 0) is 10.0 Å². The maximum atomic E-state index is 14.3. The first-order chi connectivity index (χ1) is 17.1. The van der Waals surface area contributed by atoms with Crippen molar-refractivity contribution in [2.75, 3.05) is 30.3 Å². The number of hydrogen-bond acceptors (Lipinski definition) is 8. The van der Waals surface area contributed by atoms with Crippen LogP contribution in [-0.4, -0.2) is 44.0 Å². The van der Waals surface area contributed by atoms with Gasteiger partial charge in [-0.3, -0.25) is 4.79 Å². The fourth-order valence-corrected chi connectivity index (χ4v) is 4.49. The van der Waals surface area contributed by atoms with E-state index in [4.69, 9.17) is 10.5 Å². The van der Waals surface area contributed by atoms with E-state index in [1.807, 2.05) is 30.7 Å². The van der Waals surface area contributed by atoms with Crippen LogP contribution in [0.25, 0.3) is 11.3 Å². The number of halogens is 1. The predicted octanol–water partition coefficient (Wildman–Crippen LogP) is 3.39. The molecule has 1 aromatic carbocycles. The topological polar surface area (TPSA) is 128 Å². The van der Waals surface area contributed by atoms with Crippen LogP contribution in [0.2, 0.25) is 0 Å². The molecule has 0 aliphatic carbocycles. The zero-order valence-corrected chi connectivity index (χ0v) is 20.6. The molecule has 9 nitrogen and oxygen atoms in total. The van der Waals surface area contributed by atoms with E-state index in [9.17, 15) is 17.6 Å². The molecule has 4 rings (SSSR count). The summed E-state index contributed by atoms with van der Waals surface area (Å²) in [5.41, 5.74) is 6.50. The Morgan fingerprint density at radius 3 is 2.58 bits per heavy atom. The number of sulfonamides is 1. The Morgan fingerprint density at radius 1 is 1.14 bits per heavy atom. The summed E-state index contributed by atoms with van der Waals surface area (Å²) in [5, 5.41) is -0.376. The summed E-state index contributed by atoms with van der Waals surface area (Å²) in [7, 11) is -4.28. The van der Waals surface area contributed by atoms with Crippen molar-refractivity contribution in [2.45, 2.75) is 18.9 Å². The number of aromatic nitrogens is 2. The molecule has 0 bridgehead atoms. The van der Waals surface area contributed by atoms with Crippen LogP contribution in [0.5, 0.6) is 5.75 Å². The second-order valence-corrected chi connectivity index (χ2v) is 10.3. The van der Waals surface area contributed by atoms with Crippen LogP contribution in [0, 0.1) is 11.7 Å². The van der Waals surface area contributed by atoms with Gasteiger partial charge in [0.15, 0.2) is 5.03 Å². The van der Waals surface area contributed by atoms with Crippen LogP contribution in [0.3, 0.4) is 0 Å². The summed E-state index contributed by atoms with van der Waals surface area (Å²) < 4.78 is 47.5. The van der Waals surface area contributed by atoms with Gasteiger partial charge in [-0.25, -0.2) is 19.1 Å². The van der Waals surface area contributed by atoms with Crippen molar-refractivity contribution in [1.82, 2.24) is 14.7 Å². The maximum absolute atomic E-state index is 14.3. The molecule has 0 saturated heterocycles. The standard InChI is InChI=1S/C25H26FN5O4S/c1-16(2)15-35-19-13-17(12-18(26)14-19)21-9-8-20(24(28-21)31-10-3-4-11-31)25(32)30-36(33,34)23-7-5-6-22(27)29-23/h3-9,12-14,16H,10-11,15H2,1-2H3,(H2,27,29)(H,30,32). The lowest BCUT2D eigenvalue weighted by molar-refractivity contribution is 0.0981. The van der Waals surface area contributed by atoms with Crippen molar-refractivity contribution in [2.24, 2.45) is 5.92 Å². The number of amides is 1. The van der Waals surface area contributed by atoms with Gasteiger partial charge < -0.3 is 15.4 Å². The monoisotopic (exact) mass is 511 g/mol. The van der Waals surface area contributed by atoms with Crippen molar-refractivity contribution in [3.05, 3.63) is 72.1 Å². The maximum Gasteiger partial charge on any atom is 0.281 e. The van der Waals surface area contributed by atoms with Gasteiger partial charge in [0.25, 0.3) is 15.9 Å². The number of ether oxygens (including phenoxy) is 1. The first-order valence-corrected chi connectivity index (χ1v) is 12.7. The second kappa shape index (κ2) is 10.3. The van der Waals surface area contributed by atoms with Gasteiger partial charge in [-0.1, -0.05) is 32.1 Å². The summed E-state index contributed by atoms with van der Waals surface area (Å²) in [5.74, 6) is -0.458. The van der Waals surface area contributed by atoms with E-state index in [-0.39, 0.29) is 28.1 Å². The number of pyridine rings is 2. The lowest BCUT2D eigenvalue weighted by Crippen LogP contribution is -2.33. The molecule has 1 aliphatic rings. The van der Waals surface area contributed by atoms with Crippen LogP contribution in [0.4, 0.5) is 16.0 Å². The van der Waals surface area contributed by atoms with Gasteiger partial charge in [0, 0.05) is 24.7 Å². The molecule has 36 heavy (non-hydrogen) atoms. The van der Waals surface area contributed by atoms with Gasteiger partial charge in [-0.2, -0.15) is 8.42 Å². The molecule has 3 heterocycles.